The van der Waals surface area contributed by atoms with Crippen LogP contribution in [0.5, 0.6) is 0 Å². The molecular formula is C12H14FN3. The smallest absolute Gasteiger partial charge is 0.150 e. The highest BCUT2D eigenvalue weighted by atomic mass is 19.1. The van der Waals surface area contributed by atoms with Crippen LogP contribution in [0.4, 0.5) is 15.8 Å². The number of nitrogens with two attached hydrogens (primary N) is 1. The lowest BCUT2D eigenvalue weighted by molar-refractivity contribution is 0.626. The minimum absolute atomic E-state index is 0.326. The third-order valence-electron chi connectivity index (χ3n) is 2.71. The first-order valence-electron chi connectivity index (χ1n) is 5.19. The van der Waals surface area contributed by atoms with E-state index in [2.05, 4.69) is 4.98 Å². The second-order valence-corrected chi connectivity index (χ2v) is 3.71. The van der Waals surface area contributed by atoms with Gasteiger partial charge >= 0.3 is 0 Å². The van der Waals surface area contributed by atoms with Crippen LogP contribution in [0.25, 0.3) is 10.9 Å². The van der Waals surface area contributed by atoms with Crippen molar-refractivity contribution < 1.29 is 4.39 Å². The first kappa shape index (κ1) is 10.7. The van der Waals surface area contributed by atoms with Crippen LogP contribution in [0, 0.1) is 5.82 Å². The molecule has 4 heteroatoms. The van der Waals surface area contributed by atoms with Gasteiger partial charge in [-0.15, -0.1) is 0 Å². The van der Waals surface area contributed by atoms with E-state index in [1.807, 2.05) is 24.9 Å². The Labute approximate surface area is 93.7 Å². The van der Waals surface area contributed by atoms with Gasteiger partial charge in [-0.25, -0.2) is 4.39 Å². The number of hydrogen-bond acceptors (Lipinski definition) is 3. The van der Waals surface area contributed by atoms with Crippen LogP contribution in [0.3, 0.4) is 0 Å². The summed E-state index contributed by atoms with van der Waals surface area (Å²) in [7, 11) is 1.84. The van der Waals surface area contributed by atoms with Crippen LogP contribution in [-0.4, -0.2) is 18.6 Å². The Bertz CT molecular complexity index is 525. The molecule has 2 aromatic rings. The molecule has 0 radical (unpaired) electrons. The molecule has 3 nitrogen and oxygen atoms in total. The average molecular weight is 219 g/mol. The molecule has 0 aliphatic carbocycles. The molecule has 1 heterocycles. The van der Waals surface area contributed by atoms with Crippen LogP contribution in [0.15, 0.2) is 24.4 Å². The van der Waals surface area contributed by atoms with E-state index >= 15 is 0 Å². The number of fused-ring (bicyclic) bond motifs is 1. The lowest BCUT2D eigenvalue weighted by Crippen LogP contribution is -2.18. The van der Waals surface area contributed by atoms with E-state index in [0.717, 1.165) is 5.39 Å². The third-order valence-corrected chi connectivity index (χ3v) is 2.71. The molecule has 1 aromatic heterocycles. The molecular weight excluding hydrogens is 205 g/mol. The maximum Gasteiger partial charge on any atom is 0.150 e. The van der Waals surface area contributed by atoms with Gasteiger partial charge < -0.3 is 10.6 Å². The predicted molar refractivity (Wildman–Crippen MR) is 65.1 cm³/mol. The molecule has 2 rings (SSSR count). The molecule has 0 aliphatic rings. The number of hydrogen-bond donors (Lipinski definition) is 1. The highest BCUT2D eigenvalue weighted by Gasteiger charge is 2.14. The monoisotopic (exact) mass is 219 g/mol. The minimum Gasteiger partial charge on any atom is -0.398 e. The van der Waals surface area contributed by atoms with Gasteiger partial charge in [0.05, 0.1) is 11.2 Å². The number of pyridine rings is 1. The molecule has 0 saturated carbocycles. The zero-order valence-corrected chi connectivity index (χ0v) is 9.37. The average Bonchev–Trinajstić information content (AvgIpc) is 2.28. The van der Waals surface area contributed by atoms with Gasteiger partial charge in [-0.2, -0.15) is 0 Å². The van der Waals surface area contributed by atoms with E-state index in [4.69, 9.17) is 5.73 Å². The van der Waals surface area contributed by atoms with E-state index in [9.17, 15) is 4.39 Å². The molecule has 0 fully saturated rings. The van der Waals surface area contributed by atoms with Gasteiger partial charge in [0, 0.05) is 30.9 Å². The summed E-state index contributed by atoms with van der Waals surface area (Å²) in [6.45, 7) is 2.68. The molecule has 0 amide bonds. The Morgan fingerprint density at radius 1 is 1.50 bits per heavy atom. The summed E-state index contributed by atoms with van der Waals surface area (Å²) >= 11 is 0. The Morgan fingerprint density at radius 2 is 2.25 bits per heavy atom. The van der Waals surface area contributed by atoms with Gasteiger partial charge in [0.2, 0.25) is 0 Å². The van der Waals surface area contributed by atoms with Crippen molar-refractivity contribution in [3.63, 3.8) is 0 Å². The quantitative estimate of drug-likeness (QED) is 0.789. The fourth-order valence-electron chi connectivity index (χ4n) is 1.74. The van der Waals surface area contributed by atoms with Gasteiger partial charge in [-0.05, 0) is 25.1 Å². The lowest BCUT2D eigenvalue weighted by atomic mass is 10.1. The van der Waals surface area contributed by atoms with Gasteiger partial charge in [0.25, 0.3) is 0 Å². The number of anilines is 2. The number of rotatable bonds is 2. The summed E-state index contributed by atoms with van der Waals surface area (Å²) in [5, 5.41) is 0.791. The van der Waals surface area contributed by atoms with Gasteiger partial charge in [-0.3, -0.25) is 4.98 Å². The maximum absolute atomic E-state index is 13.9. The topological polar surface area (TPSA) is 42.1 Å². The van der Waals surface area contributed by atoms with Gasteiger partial charge in [-0.1, -0.05) is 0 Å². The molecule has 0 bridgehead atoms. The molecule has 0 aliphatic heterocycles. The molecule has 0 atom stereocenters. The molecule has 16 heavy (non-hydrogen) atoms. The van der Waals surface area contributed by atoms with Crippen LogP contribution in [0.1, 0.15) is 6.92 Å². The van der Waals surface area contributed by atoms with Gasteiger partial charge in [0.15, 0.2) is 5.82 Å². The summed E-state index contributed by atoms with van der Waals surface area (Å²) in [6.07, 6.45) is 1.65. The largest absolute Gasteiger partial charge is 0.398 e. The lowest BCUT2D eigenvalue weighted by Gasteiger charge is -2.19. The van der Waals surface area contributed by atoms with Crippen molar-refractivity contribution >= 4 is 22.3 Å². The van der Waals surface area contributed by atoms with Crippen LogP contribution >= 0.6 is 0 Å². The summed E-state index contributed by atoms with van der Waals surface area (Å²) < 4.78 is 13.9. The molecule has 84 valence electrons. The molecule has 0 unspecified atom stereocenters. The van der Waals surface area contributed by atoms with Crippen molar-refractivity contribution in [2.24, 2.45) is 0 Å². The van der Waals surface area contributed by atoms with Crippen LogP contribution < -0.4 is 10.6 Å². The third kappa shape index (κ3) is 1.56. The van der Waals surface area contributed by atoms with Crippen molar-refractivity contribution in [2.75, 3.05) is 24.2 Å². The number of aromatic nitrogens is 1. The normalized spacial score (nSPS) is 10.7. The SMILES string of the molecule is CCN(C)c1c(F)cc(N)c2cccnc12. The highest BCUT2D eigenvalue weighted by molar-refractivity contribution is 5.98. The van der Waals surface area contributed by atoms with Crippen molar-refractivity contribution in [3.8, 4) is 0 Å². The predicted octanol–water partition coefficient (Wildman–Crippen LogP) is 2.41. The van der Waals surface area contributed by atoms with E-state index < -0.39 is 0 Å². The van der Waals surface area contributed by atoms with E-state index in [0.29, 0.717) is 23.4 Å². The van der Waals surface area contributed by atoms with Crippen LogP contribution in [0.2, 0.25) is 0 Å². The first-order chi connectivity index (χ1) is 7.65. The summed E-state index contributed by atoms with van der Waals surface area (Å²) in [5.74, 6) is -0.326. The zero-order chi connectivity index (χ0) is 11.7. The van der Waals surface area contributed by atoms with Crippen molar-refractivity contribution in [3.05, 3.63) is 30.2 Å². The minimum atomic E-state index is -0.326. The summed E-state index contributed by atoms with van der Waals surface area (Å²) in [4.78, 5) is 6.03. The fraction of sp³-hybridized carbons (Fsp3) is 0.250. The van der Waals surface area contributed by atoms with E-state index in [-0.39, 0.29) is 5.82 Å². The standard InChI is InChI=1S/C12H14FN3/c1-3-16(2)12-9(13)7-10(14)8-5-4-6-15-11(8)12/h4-7H,3,14H2,1-2H3. The Hall–Kier alpha value is -1.84. The maximum atomic E-state index is 13.9. The second-order valence-electron chi connectivity index (χ2n) is 3.71. The molecule has 1 aromatic carbocycles. The van der Waals surface area contributed by atoms with Crippen molar-refractivity contribution in [2.45, 2.75) is 6.92 Å². The molecule has 0 saturated heterocycles. The Balaban J connectivity index is 2.81. The van der Waals surface area contributed by atoms with E-state index in [1.54, 1.807) is 12.3 Å². The molecule has 0 spiro atoms. The second kappa shape index (κ2) is 3.96. The van der Waals surface area contributed by atoms with Crippen molar-refractivity contribution in [1.29, 1.82) is 0 Å². The Morgan fingerprint density at radius 3 is 2.94 bits per heavy atom. The Kier molecular flexibility index (Phi) is 2.64. The van der Waals surface area contributed by atoms with E-state index in [1.165, 1.54) is 6.07 Å². The van der Waals surface area contributed by atoms with Crippen LogP contribution in [-0.2, 0) is 0 Å². The number of halogens is 1. The van der Waals surface area contributed by atoms with Gasteiger partial charge in [0.1, 0.15) is 0 Å². The number of benzene rings is 1. The van der Waals surface area contributed by atoms with Crippen molar-refractivity contribution in [1.82, 2.24) is 4.98 Å². The molecule has 2 N–H and O–H groups in total. The number of nitrogens with zero attached hydrogens (tertiary/aromatic N) is 2. The zero-order valence-electron chi connectivity index (χ0n) is 9.37. The summed E-state index contributed by atoms with van der Waals surface area (Å²) in [5.41, 5.74) is 7.32. The fourth-order valence-corrected chi connectivity index (χ4v) is 1.74. The first-order valence-corrected chi connectivity index (χ1v) is 5.19. The summed E-state index contributed by atoms with van der Waals surface area (Å²) in [6, 6.07) is 5.00. The number of nitrogen functional groups attached to an aromatic ring is 1. The highest BCUT2D eigenvalue weighted by Crippen LogP contribution is 2.31.